The summed E-state index contributed by atoms with van der Waals surface area (Å²) >= 11 is 0. The predicted molar refractivity (Wildman–Crippen MR) is 79.0 cm³/mol. The van der Waals surface area contributed by atoms with Crippen LogP contribution in [-0.2, 0) is 4.74 Å². The molecule has 0 amide bonds. The van der Waals surface area contributed by atoms with E-state index >= 15 is 0 Å². The maximum atomic E-state index is 6.55. The van der Waals surface area contributed by atoms with Crippen LogP contribution in [-0.4, -0.2) is 12.7 Å². The van der Waals surface area contributed by atoms with E-state index in [9.17, 15) is 0 Å². The fourth-order valence-corrected chi connectivity index (χ4v) is 3.27. The van der Waals surface area contributed by atoms with Gasteiger partial charge in [0.2, 0.25) is 0 Å². The fraction of sp³-hybridized carbons (Fsp3) is 0.412. The van der Waals surface area contributed by atoms with Gasteiger partial charge in [-0.05, 0) is 29.2 Å². The normalized spacial score (nSPS) is 24.7. The second-order valence-electron chi connectivity index (χ2n) is 5.36. The van der Waals surface area contributed by atoms with Crippen molar-refractivity contribution >= 4 is 10.8 Å². The van der Waals surface area contributed by atoms with Gasteiger partial charge in [-0.2, -0.15) is 0 Å². The average molecular weight is 255 g/mol. The van der Waals surface area contributed by atoms with Crippen molar-refractivity contribution < 1.29 is 4.74 Å². The van der Waals surface area contributed by atoms with Gasteiger partial charge in [-0.25, -0.2) is 0 Å². The molecule has 0 bridgehead atoms. The molecule has 1 aliphatic rings. The maximum absolute atomic E-state index is 6.55. The summed E-state index contributed by atoms with van der Waals surface area (Å²) in [6, 6.07) is 15.0. The molecule has 0 aliphatic carbocycles. The van der Waals surface area contributed by atoms with Crippen LogP contribution in [0.5, 0.6) is 0 Å². The van der Waals surface area contributed by atoms with Crippen molar-refractivity contribution in [1.82, 2.24) is 0 Å². The Labute approximate surface area is 114 Å². The molecule has 1 saturated heterocycles. The van der Waals surface area contributed by atoms with Crippen molar-refractivity contribution in [3.63, 3.8) is 0 Å². The highest BCUT2D eigenvalue weighted by Gasteiger charge is 2.32. The highest BCUT2D eigenvalue weighted by atomic mass is 16.5. The lowest BCUT2D eigenvalue weighted by molar-refractivity contribution is 0.0814. The molecular formula is C17H21NO. The van der Waals surface area contributed by atoms with Gasteiger partial charge in [0.25, 0.3) is 0 Å². The SMILES string of the molecule is CCC1OCCC1C(N)c1cccc2ccccc12. The number of nitrogens with two attached hydrogens (primary N) is 1. The van der Waals surface area contributed by atoms with E-state index in [-0.39, 0.29) is 6.04 Å². The van der Waals surface area contributed by atoms with Crippen LogP contribution in [0.2, 0.25) is 0 Å². The molecule has 19 heavy (non-hydrogen) atoms. The molecule has 3 atom stereocenters. The molecule has 2 heteroatoms. The summed E-state index contributed by atoms with van der Waals surface area (Å²) in [5.41, 5.74) is 7.81. The number of hydrogen-bond donors (Lipinski definition) is 1. The number of fused-ring (bicyclic) bond motifs is 1. The molecule has 0 spiro atoms. The Morgan fingerprint density at radius 1 is 1.21 bits per heavy atom. The average Bonchev–Trinajstić information content (AvgIpc) is 2.94. The molecule has 0 radical (unpaired) electrons. The minimum absolute atomic E-state index is 0.0681. The summed E-state index contributed by atoms with van der Waals surface area (Å²) in [5, 5.41) is 2.54. The van der Waals surface area contributed by atoms with Crippen LogP contribution in [0.15, 0.2) is 42.5 Å². The van der Waals surface area contributed by atoms with Gasteiger partial charge in [-0.3, -0.25) is 0 Å². The Morgan fingerprint density at radius 3 is 2.84 bits per heavy atom. The van der Waals surface area contributed by atoms with Crippen LogP contribution in [0.3, 0.4) is 0 Å². The first kappa shape index (κ1) is 12.6. The van der Waals surface area contributed by atoms with Gasteiger partial charge in [0, 0.05) is 18.6 Å². The molecule has 3 rings (SSSR count). The van der Waals surface area contributed by atoms with Gasteiger partial charge >= 0.3 is 0 Å². The number of hydrogen-bond acceptors (Lipinski definition) is 2. The summed E-state index contributed by atoms with van der Waals surface area (Å²) in [5.74, 6) is 0.441. The summed E-state index contributed by atoms with van der Waals surface area (Å²) in [4.78, 5) is 0. The Kier molecular flexibility index (Phi) is 3.54. The van der Waals surface area contributed by atoms with Crippen molar-refractivity contribution in [3.05, 3.63) is 48.0 Å². The van der Waals surface area contributed by atoms with E-state index in [1.54, 1.807) is 0 Å². The minimum atomic E-state index is 0.0681. The van der Waals surface area contributed by atoms with E-state index in [2.05, 4.69) is 49.4 Å². The monoisotopic (exact) mass is 255 g/mol. The van der Waals surface area contributed by atoms with Crippen molar-refractivity contribution in [2.45, 2.75) is 31.9 Å². The van der Waals surface area contributed by atoms with E-state index in [1.165, 1.54) is 16.3 Å². The molecule has 2 aromatic carbocycles. The quantitative estimate of drug-likeness (QED) is 0.908. The van der Waals surface area contributed by atoms with Crippen LogP contribution >= 0.6 is 0 Å². The molecule has 1 heterocycles. The third-order valence-electron chi connectivity index (χ3n) is 4.31. The molecule has 2 nitrogen and oxygen atoms in total. The predicted octanol–water partition coefficient (Wildman–Crippen LogP) is 3.65. The largest absolute Gasteiger partial charge is 0.378 e. The summed E-state index contributed by atoms with van der Waals surface area (Å²) in [6.07, 6.45) is 2.43. The molecule has 0 aromatic heterocycles. The lowest BCUT2D eigenvalue weighted by Crippen LogP contribution is -2.28. The van der Waals surface area contributed by atoms with Crippen molar-refractivity contribution in [3.8, 4) is 0 Å². The van der Waals surface area contributed by atoms with Gasteiger partial charge in [0.15, 0.2) is 0 Å². The summed E-state index contributed by atoms with van der Waals surface area (Å²) < 4.78 is 5.79. The third kappa shape index (κ3) is 2.26. The third-order valence-corrected chi connectivity index (χ3v) is 4.31. The van der Waals surface area contributed by atoms with Crippen LogP contribution in [0.25, 0.3) is 10.8 Å². The highest BCUT2D eigenvalue weighted by Crippen LogP contribution is 2.35. The molecular weight excluding hydrogens is 234 g/mol. The van der Waals surface area contributed by atoms with E-state index in [1.807, 2.05) is 0 Å². The molecule has 1 fully saturated rings. The van der Waals surface area contributed by atoms with Gasteiger partial charge in [-0.1, -0.05) is 49.4 Å². The Balaban J connectivity index is 1.99. The smallest absolute Gasteiger partial charge is 0.0619 e. The topological polar surface area (TPSA) is 35.2 Å². The molecule has 2 aromatic rings. The Morgan fingerprint density at radius 2 is 2.00 bits per heavy atom. The zero-order valence-corrected chi connectivity index (χ0v) is 11.4. The lowest BCUT2D eigenvalue weighted by Gasteiger charge is -2.25. The maximum Gasteiger partial charge on any atom is 0.0619 e. The first-order chi connectivity index (χ1) is 9.31. The van der Waals surface area contributed by atoms with Crippen molar-refractivity contribution in [2.24, 2.45) is 11.7 Å². The molecule has 2 N–H and O–H groups in total. The molecule has 100 valence electrons. The van der Waals surface area contributed by atoms with Crippen LogP contribution < -0.4 is 5.73 Å². The van der Waals surface area contributed by atoms with E-state index < -0.39 is 0 Å². The minimum Gasteiger partial charge on any atom is -0.378 e. The van der Waals surface area contributed by atoms with Gasteiger partial charge < -0.3 is 10.5 Å². The van der Waals surface area contributed by atoms with E-state index in [0.717, 1.165) is 19.4 Å². The molecule has 0 saturated carbocycles. The summed E-state index contributed by atoms with van der Waals surface area (Å²) in [7, 11) is 0. The van der Waals surface area contributed by atoms with Gasteiger partial charge in [0.1, 0.15) is 0 Å². The van der Waals surface area contributed by atoms with Crippen LogP contribution in [0, 0.1) is 5.92 Å². The van der Waals surface area contributed by atoms with Gasteiger partial charge in [-0.15, -0.1) is 0 Å². The van der Waals surface area contributed by atoms with Crippen molar-refractivity contribution in [2.75, 3.05) is 6.61 Å². The standard InChI is InChI=1S/C17H21NO/c1-2-16-15(10-11-19-16)17(18)14-9-5-7-12-6-3-4-8-13(12)14/h3-9,15-17H,2,10-11,18H2,1H3. The van der Waals surface area contributed by atoms with Crippen LogP contribution in [0.1, 0.15) is 31.4 Å². The number of benzene rings is 2. The van der Waals surface area contributed by atoms with Crippen LogP contribution in [0.4, 0.5) is 0 Å². The van der Waals surface area contributed by atoms with E-state index in [0.29, 0.717) is 12.0 Å². The Bertz CT molecular complexity index is 561. The fourth-order valence-electron chi connectivity index (χ4n) is 3.27. The number of rotatable bonds is 3. The lowest BCUT2D eigenvalue weighted by atomic mass is 9.85. The zero-order chi connectivity index (χ0) is 13.2. The van der Waals surface area contributed by atoms with Gasteiger partial charge in [0.05, 0.1) is 6.10 Å². The zero-order valence-electron chi connectivity index (χ0n) is 11.4. The first-order valence-corrected chi connectivity index (χ1v) is 7.16. The second kappa shape index (κ2) is 5.32. The first-order valence-electron chi connectivity index (χ1n) is 7.16. The Hall–Kier alpha value is -1.38. The summed E-state index contributed by atoms with van der Waals surface area (Å²) in [6.45, 7) is 3.03. The number of ether oxygens (including phenoxy) is 1. The molecule has 3 unspecified atom stereocenters. The highest BCUT2D eigenvalue weighted by molar-refractivity contribution is 5.86. The second-order valence-corrected chi connectivity index (χ2v) is 5.36. The molecule has 1 aliphatic heterocycles. The van der Waals surface area contributed by atoms with E-state index in [4.69, 9.17) is 10.5 Å². The van der Waals surface area contributed by atoms with Crippen molar-refractivity contribution in [1.29, 1.82) is 0 Å².